The van der Waals surface area contributed by atoms with Crippen LogP contribution in [0.2, 0.25) is 0 Å². The molecule has 0 N–H and O–H groups in total. The predicted octanol–water partition coefficient (Wildman–Crippen LogP) is 9.92. The average Bonchev–Trinajstić information content (AvgIpc) is 3.27. The third-order valence-electron chi connectivity index (χ3n) is 7.19. The van der Waals surface area contributed by atoms with Crippen LogP contribution in [0.4, 0.5) is 0 Å². The highest BCUT2D eigenvalue weighted by atomic mass is 15.0. The molecule has 0 unspecified atom stereocenters. The largest absolute Gasteiger partial charge is 0.309 e. The molecule has 6 aromatic rings. The summed E-state index contributed by atoms with van der Waals surface area (Å²) >= 11 is 0. The second-order valence-corrected chi connectivity index (χ2v) is 10.7. The molecule has 0 saturated carbocycles. The Labute approximate surface area is 219 Å². The average molecular weight is 478 g/mol. The SMILES string of the molecule is CC(C)(C)c1ccc(/C=C/c2ccc(-c3ccc(-n4c5ccccc5c5ccccc54)cc3)cc2)cc1. The Morgan fingerprint density at radius 1 is 0.486 bits per heavy atom. The second-order valence-electron chi connectivity index (χ2n) is 10.7. The Hall–Kier alpha value is -4.36. The van der Waals surface area contributed by atoms with Gasteiger partial charge in [-0.15, -0.1) is 0 Å². The Morgan fingerprint density at radius 3 is 1.41 bits per heavy atom. The molecular weight excluding hydrogens is 446 g/mol. The van der Waals surface area contributed by atoms with E-state index < -0.39 is 0 Å². The Bertz CT molecular complexity index is 1650. The van der Waals surface area contributed by atoms with Crippen LogP contribution in [0.25, 0.3) is 50.8 Å². The van der Waals surface area contributed by atoms with Gasteiger partial charge < -0.3 is 4.57 Å². The van der Waals surface area contributed by atoms with E-state index in [9.17, 15) is 0 Å². The fraction of sp³-hybridized carbons (Fsp3) is 0.111. The first-order valence-electron chi connectivity index (χ1n) is 13.0. The van der Waals surface area contributed by atoms with Gasteiger partial charge in [-0.05, 0) is 57.5 Å². The lowest BCUT2D eigenvalue weighted by Crippen LogP contribution is -2.10. The molecule has 0 saturated heterocycles. The molecule has 0 amide bonds. The lowest BCUT2D eigenvalue weighted by molar-refractivity contribution is 0.590. The second kappa shape index (κ2) is 9.26. The van der Waals surface area contributed by atoms with E-state index in [1.54, 1.807) is 0 Å². The van der Waals surface area contributed by atoms with E-state index in [1.807, 2.05) is 0 Å². The van der Waals surface area contributed by atoms with Crippen molar-refractivity contribution in [2.24, 2.45) is 0 Å². The first-order valence-corrected chi connectivity index (χ1v) is 13.0. The Morgan fingerprint density at radius 2 is 0.919 bits per heavy atom. The number of hydrogen-bond donors (Lipinski definition) is 0. The van der Waals surface area contributed by atoms with Crippen molar-refractivity contribution in [2.45, 2.75) is 26.2 Å². The van der Waals surface area contributed by atoms with Crippen LogP contribution in [0.15, 0.2) is 121 Å². The maximum atomic E-state index is 2.36. The van der Waals surface area contributed by atoms with Gasteiger partial charge in [-0.2, -0.15) is 0 Å². The highest BCUT2D eigenvalue weighted by molar-refractivity contribution is 6.09. The zero-order valence-corrected chi connectivity index (χ0v) is 21.6. The number of nitrogens with zero attached hydrogens (tertiary/aromatic N) is 1. The van der Waals surface area contributed by atoms with Crippen LogP contribution in [0.1, 0.15) is 37.5 Å². The summed E-state index contributed by atoms with van der Waals surface area (Å²) in [6.07, 6.45) is 4.36. The van der Waals surface area contributed by atoms with Gasteiger partial charge in [-0.25, -0.2) is 0 Å². The molecule has 1 heteroatoms. The summed E-state index contributed by atoms with van der Waals surface area (Å²) in [5, 5.41) is 2.58. The molecule has 0 radical (unpaired) electrons. The molecule has 0 aliphatic rings. The van der Waals surface area contributed by atoms with Crippen molar-refractivity contribution in [3.63, 3.8) is 0 Å². The normalized spacial score (nSPS) is 12.1. The molecule has 0 atom stereocenters. The molecule has 6 rings (SSSR count). The van der Waals surface area contributed by atoms with Gasteiger partial charge in [0.05, 0.1) is 11.0 Å². The van der Waals surface area contributed by atoms with E-state index in [4.69, 9.17) is 0 Å². The van der Waals surface area contributed by atoms with Crippen LogP contribution < -0.4 is 0 Å². The maximum absolute atomic E-state index is 2.36. The zero-order valence-electron chi connectivity index (χ0n) is 21.6. The first kappa shape index (κ1) is 23.1. The molecule has 180 valence electrons. The Kier molecular flexibility index (Phi) is 5.77. The predicted molar refractivity (Wildman–Crippen MR) is 160 cm³/mol. The number of benzene rings is 5. The fourth-order valence-electron chi connectivity index (χ4n) is 5.08. The minimum Gasteiger partial charge on any atom is -0.309 e. The molecule has 0 bridgehead atoms. The molecule has 0 aliphatic heterocycles. The lowest BCUT2D eigenvalue weighted by atomic mass is 9.87. The molecule has 0 fully saturated rings. The topological polar surface area (TPSA) is 4.93 Å². The minimum absolute atomic E-state index is 0.180. The van der Waals surface area contributed by atoms with Crippen LogP contribution in [-0.2, 0) is 5.41 Å². The van der Waals surface area contributed by atoms with E-state index in [-0.39, 0.29) is 5.41 Å². The highest BCUT2D eigenvalue weighted by Crippen LogP contribution is 2.32. The zero-order chi connectivity index (χ0) is 25.4. The molecule has 0 aliphatic carbocycles. The van der Waals surface area contributed by atoms with Crippen LogP contribution in [-0.4, -0.2) is 4.57 Å². The van der Waals surface area contributed by atoms with Crippen molar-refractivity contribution in [2.75, 3.05) is 0 Å². The third-order valence-corrected chi connectivity index (χ3v) is 7.19. The van der Waals surface area contributed by atoms with Crippen molar-refractivity contribution in [3.8, 4) is 16.8 Å². The first-order chi connectivity index (χ1) is 18.0. The monoisotopic (exact) mass is 477 g/mol. The van der Waals surface area contributed by atoms with E-state index in [0.717, 1.165) is 0 Å². The quantitative estimate of drug-likeness (QED) is 0.223. The smallest absolute Gasteiger partial charge is 0.0541 e. The molecule has 5 aromatic carbocycles. The number of fused-ring (bicyclic) bond motifs is 3. The minimum atomic E-state index is 0.180. The molecule has 1 nitrogen and oxygen atoms in total. The van der Waals surface area contributed by atoms with Crippen molar-refractivity contribution in [3.05, 3.63) is 138 Å². The van der Waals surface area contributed by atoms with Crippen molar-refractivity contribution in [1.29, 1.82) is 0 Å². The van der Waals surface area contributed by atoms with Crippen molar-refractivity contribution >= 4 is 34.0 Å². The summed E-state index contributed by atoms with van der Waals surface area (Å²) < 4.78 is 2.36. The van der Waals surface area contributed by atoms with Crippen LogP contribution in [0.5, 0.6) is 0 Å². The highest BCUT2D eigenvalue weighted by Gasteiger charge is 2.13. The molecule has 1 aromatic heterocycles. The van der Waals surface area contributed by atoms with Crippen molar-refractivity contribution < 1.29 is 0 Å². The van der Waals surface area contributed by atoms with Crippen LogP contribution >= 0.6 is 0 Å². The fourth-order valence-corrected chi connectivity index (χ4v) is 5.08. The summed E-state index contributed by atoms with van der Waals surface area (Å²) in [7, 11) is 0. The lowest BCUT2D eigenvalue weighted by Gasteiger charge is -2.18. The number of para-hydroxylation sites is 2. The molecular formula is C36H31N. The standard InChI is InChI=1S/C36H31N/c1-36(2,3)30-22-16-27(17-23-30)13-12-26-14-18-28(19-15-26)29-20-24-31(25-21-29)37-34-10-6-4-8-32(34)33-9-5-7-11-35(33)37/h4-25H,1-3H3/b13-12+. The van der Waals surface area contributed by atoms with E-state index >= 15 is 0 Å². The van der Waals surface area contributed by atoms with Crippen molar-refractivity contribution in [1.82, 2.24) is 4.57 Å². The van der Waals surface area contributed by atoms with Gasteiger partial charge in [0.1, 0.15) is 0 Å². The summed E-state index contributed by atoms with van der Waals surface area (Å²) in [6.45, 7) is 6.74. The summed E-state index contributed by atoms with van der Waals surface area (Å²) in [6, 6.07) is 43.8. The molecule has 1 heterocycles. The van der Waals surface area contributed by atoms with Crippen LogP contribution in [0.3, 0.4) is 0 Å². The summed E-state index contributed by atoms with van der Waals surface area (Å²) in [5.74, 6) is 0. The Balaban J connectivity index is 1.24. The van der Waals surface area contributed by atoms with Gasteiger partial charge >= 0.3 is 0 Å². The van der Waals surface area contributed by atoms with Gasteiger partial charge in [0.2, 0.25) is 0 Å². The number of rotatable bonds is 4. The summed E-state index contributed by atoms with van der Waals surface area (Å²) in [5.41, 5.74) is 10.1. The van der Waals surface area contributed by atoms with E-state index in [2.05, 4.69) is 159 Å². The molecule has 37 heavy (non-hydrogen) atoms. The summed E-state index contributed by atoms with van der Waals surface area (Å²) in [4.78, 5) is 0. The van der Waals surface area contributed by atoms with Gasteiger partial charge in [-0.3, -0.25) is 0 Å². The van der Waals surface area contributed by atoms with E-state index in [0.29, 0.717) is 0 Å². The van der Waals surface area contributed by atoms with Gasteiger partial charge in [0.25, 0.3) is 0 Å². The maximum Gasteiger partial charge on any atom is 0.0541 e. The van der Waals surface area contributed by atoms with Gasteiger partial charge in [-0.1, -0.05) is 130 Å². The third kappa shape index (κ3) is 4.49. The van der Waals surface area contributed by atoms with E-state index in [1.165, 1.54) is 55.3 Å². The van der Waals surface area contributed by atoms with Gasteiger partial charge in [0, 0.05) is 16.5 Å². The number of hydrogen-bond acceptors (Lipinski definition) is 0. The van der Waals surface area contributed by atoms with Crippen LogP contribution in [0, 0.1) is 0 Å². The number of aromatic nitrogens is 1. The molecule has 0 spiro atoms. The van der Waals surface area contributed by atoms with Gasteiger partial charge in [0.15, 0.2) is 0 Å².